The molecule has 7 heteroatoms. The molecule has 6 nitrogen and oxygen atoms in total. The van der Waals surface area contributed by atoms with Crippen LogP contribution in [0.1, 0.15) is 20.8 Å². The van der Waals surface area contributed by atoms with Gasteiger partial charge in [-0.3, -0.25) is 0 Å². The predicted octanol–water partition coefficient (Wildman–Crippen LogP) is -0.104. The van der Waals surface area contributed by atoms with Crippen molar-refractivity contribution in [2.75, 3.05) is 18.8 Å². The highest BCUT2D eigenvalue weighted by Crippen LogP contribution is 2.30. The monoisotopic (exact) mass is 276 g/mol. The zero-order valence-corrected chi connectivity index (χ0v) is 11.7. The number of amides is 1. The van der Waals surface area contributed by atoms with Gasteiger partial charge in [0.25, 0.3) is 0 Å². The van der Waals surface area contributed by atoms with Crippen molar-refractivity contribution in [3.05, 3.63) is 0 Å². The largest absolute Gasteiger partial charge is 0.444 e. The second-order valence-electron chi connectivity index (χ2n) is 5.94. The SMILES string of the molecule is CC(C)(C)OC(=O)N[C@@H]1CS(=O)(=O)[C@H]2CNC[C@@H]12. The van der Waals surface area contributed by atoms with E-state index in [1.165, 1.54) is 0 Å². The average molecular weight is 276 g/mol. The Kier molecular flexibility index (Phi) is 3.31. The summed E-state index contributed by atoms with van der Waals surface area (Å²) < 4.78 is 28.9. The second-order valence-corrected chi connectivity index (χ2v) is 8.21. The van der Waals surface area contributed by atoms with E-state index in [2.05, 4.69) is 10.6 Å². The molecule has 0 aromatic carbocycles. The number of carbonyl (C=O) groups is 1. The van der Waals surface area contributed by atoms with Gasteiger partial charge in [0.2, 0.25) is 0 Å². The Balaban J connectivity index is 2.01. The molecule has 0 aromatic heterocycles. The lowest BCUT2D eigenvalue weighted by molar-refractivity contribution is 0.0499. The van der Waals surface area contributed by atoms with Crippen LogP contribution in [0.3, 0.4) is 0 Å². The minimum absolute atomic E-state index is 0.0171. The van der Waals surface area contributed by atoms with E-state index >= 15 is 0 Å². The molecule has 2 heterocycles. The summed E-state index contributed by atoms with van der Waals surface area (Å²) in [6.07, 6.45) is -0.546. The number of hydrogen-bond donors (Lipinski definition) is 2. The van der Waals surface area contributed by atoms with Crippen molar-refractivity contribution in [1.29, 1.82) is 0 Å². The first-order chi connectivity index (χ1) is 8.19. The molecular formula is C11H20N2O4S. The average Bonchev–Trinajstić information content (AvgIpc) is 2.67. The molecule has 104 valence electrons. The van der Waals surface area contributed by atoms with Crippen molar-refractivity contribution in [3.8, 4) is 0 Å². The van der Waals surface area contributed by atoms with Gasteiger partial charge in [-0.05, 0) is 20.8 Å². The third-order valence-electron chi connectivity index (χ3n) is 3.30. The normalized spacial score (nSPS) is 34.1. The molecule has 2 rings (SSSR count). The molecule has 0 radical (unpaired) electrons. The van der Waals surface area contributed by atoms with Gasteiger partial charge in [-0.15, -0.1) is 0 Å². The number of rotatable bonds is 1. The van der Waals surface area contributed by atoms with Crippen molar-refractivity contribution in [2.24, 2.45) is 5.92 Å². The Hall–Kier alpha value is -0.820. The van der Waals surface area contributed by atoms with Crippen LogP contribution in [0.4, 0.5) is 4.79 Å². The number of ether oxygens (including phenoxy) is 1. The zero-order chi connectivity index (χ0) is 13.6. The van der Waals surface area contributed by atoms with E-state index in [4.69, 9.17) is 4.74 Å². The molecule has 2 fully saturated rings. The van der Waals surface area contributed by atoms with Crippen molar-refractivity contribution in [3.63, 3.8) is 0 Å². The summed E-state index contributed by atoms with van der Waals surface area (Å²) in [6.45, 7) is 6.44. The molecule has 2 saturated heterocycles. The molecule has 0 spiro atoms. The topological polar surface area (TPSA) is 84.5 Å². The molecule has 0 saturated carbocycles. The van der Waals surface area contributed by atoms with Crippen molar-refractivity contribution in [1.82, 2.24) is 10.6 Å². The van der Waals surface area contributed by atoms with Gasteiger partial charge >= 0.3 is 6.09 Å². The Morgan fingerprint density at radius 1 is 1.33 bits per heavy atom. The fraction of sp³-hybridized carbons (Fsp3) is 0.909. The van der Waals surface area contributed by atoms with Crippen LogP contribution in [-0.4, -0.2) is 50.2 Å². The maximum Gasteiger partial charge on any atom is 0.407 e. The summed E-state index contributed by atoms with van der Waals surface area (Å²) in [5.74, 6) is -0.0222. The maximum atomic E-state index is 11.9. The Labute approximate surface area is 107 Å². The second kappa shape index (κ2) is 4.38. The van der Waals surface area contributed by atoms with Crippen molar-refractivity contribution >= 4 is 15.9 Å². The lowest BCUT2D eigenvalue weighted by Gasteiger charge is -2.23. The molecule has 0 aromatic rings. The number of sulfone groups is 1. The van der Waals surface area contributed by atoms with Gasteiger partial charge < -0.3 is 15.4 Å². The summed E-state index contributed by atoms with van der Waals surface area (Å²) in [7, 11) is -3.10. The highest BCUT2D eigenvalue weighted by Gasteiger charge is 2.50. The number of nitrogens with one attached hydrogen (secondary N) is 2. The summed E-state index contributed by atoms with van der Waals surface area (Å²) in [4.78, 5) is 11.7. The Morgan fingerprint density at radius 3 is 2.61 bits per heavy atom. The summed E-state index contributed by atoms with van der Waals surface area (Å²) >= 11 is 0. The molecule has 0 unspecified atom stereocenters. The molecule has 2 aliphatic heterocycles. The first-order valence-electron chi connectivity index (χ1n) is 6.11. The molecule has 0 bridgehead atoms. The highest BCUT2D eigenvalue weighted by molar-refractivity contribution is 7.92. The quantitative estimate of drug-likeness (QED) is 0.698. The van der Waals surface area contributed by atoms with E-state index in [1.54, 1.807) is 20.8 Å². The first kappa shape index (κ1) is 13.6. The van der Waals surface area contributed by atoms with E-state index in [0.29, 0.717) is 13.1 Å². The molecule has 3 atom stereocenters. The number of fused-ring (bicyclic) bond motifs is 1. The predicted molar refractivity (Wildman–Crippen MR) is 67.1 cm³/mol. The Morgan fingerprint density at radius 2 is 2.00 bits per heavy atom. The van der Waals surface area contributed by atoms with Gasteiger partial charge in [0.15, 0.2) is 9.84 Å². The van der Waals surface area contributed by atoms with E-state index in [-0.39, 0.29) is 23.0 Å². The number of hydrogen-bond acceptors (Lipinski definition) is 5. The molecule has 1 amide bonds. The maximum absolute atomic E-state index is 11.9. The van der Waals surface area contributed by atoms with Crippen LogP contribution in [0, 0.1) is 5.92 Å². The molecular weight excluding hydrogens is 256 g/mol. The van der Waals surface area contributed by atoms with Crippen LogP contribution < -0.4 is 10.6 Å². The van der Waals surface area contributed by atoms with Gasteiger partial charge in [-0.25, -0.2) is 13.2 Å². The molecule has 2 aliphatic rings. The van der Waals surface area contributed by atoms with Crippen LogP contribution in [0.5, 0.6) is 0 Å². The van der Waals surface area contributed by atoms with Crippen LogP contribution in [0.2, 0.25) is 0 Å². The summed E-state index contributed by atoms with van der Waals surface area (Å²) in [5, 5.41) is 5.38. The van der Waals surface area contributed by atoms with Crippen molar-refractivity contribution in [2.45, 2.75) is 37.7 Å². The fourth-order valence-corrected chi connectivity index (χ4v) is 4.84. The van der Waals surface area contributed by atoms with E-state index in [9.17, 15) is 13.2 Å². The minimum Gasteiger partial charge on any atom is -0.444 e. The van der Waals surface area contributed by atoms with Gasteiger partial charge in [0.05, 0.1) is 17.0 Å². The summed E-state index contributed by atoms with van der Waals surface area (Å²) in [6, 6.07) is -0.343. The molecule has 0 aliphatic carbocycles. The number of alkyl carbamates (subject to hydrolysis) is 1. The first-order valence-corrected chi connectivity index (χ1v) is 7.82. The van der Waals surface area contributed by atoms with Crippen LogP contribution in [0.25, 0.3) is 0 Å². The third-order valence-corrected chi connectivity index (χ3v) is 5.56. The van der Waals surface area contributed by atoms with Gasteiger partial charge in [-0.2, -0.15) is 0 Å². The standard InChI is InChI=1S/C11H20N2O4S/c1-11(2,3)17-10(14)13-8-6-18(15,16)9-5-12-4-7(8)9/h7-9,12H,4-6H2,1-3H3,(H,13,14)/t7-,8+,9-/m0/s1. The lowest BCUT2D eigenvalue weighted by Crippen LogP contribution is -2.44. The molecule has 18 heavy (non-hydrogen) atoms. The zero-order valence-electron chi connectivity index (χ0n) is 10.9. The number of carbonyl (C=O) groups excluding carboxylic acids is 1. The lowest BCUT2D eigenvalue weighted by atomic mass is 10.0. The fourth-order valence-electron chi connectivity index (χ4n) is 2.57. The molecule has 2 N–H and O–H groups in total. The van der Waals surface area contributed by atoms with Gasteiger partial charge in [-0.1, -0.05) is 0 Å². The van der Waals surface area contributed by atoms with Crippen molar-refractivity contribution < 1.29 is 17.9 Å². The van der Waals surface area contributed by atoms with Gasteiger partial charge in [0.1, 0.15) is 5.60 Å². The smallest absolute Gasteiger partial charge is 0.407 e. The van der Waals surface area contributed by atoms with Gasteiger partial charge in [0, 0.05) is 19.0 Å². The summed E-state index contributed by atoms with van der Waals surface area (Å²) in [5.41, 5.74) is -0.575. The van der Waals surface area contributed by atoms with Crippen LogP contribution in [-0.2, 0) is 14.6 Å². The van der Waals surface area contributed by atoms with E-state index in [1.807, 2.05) is 0 Å². The highest BCUT2D eigenvalue weighted by atomic mass is 32.2. The minimum atomic E-state index is -3.10. The van der Waals surface area contributed by atoms with Crippen LogP contribution in [0.15, 0.2) is 0 Å². The van der Waals surface area contributed by atoms with E-state index in [0.717, 1.165) is 0 Å². The van der Waals surface area contributed by atoms with E-state index < -0.39 is 21.5 Å². The van der Waals surface area contributed by atoms with Crippen LogP contribution >= 0.6 is 0 Å². The Bertz CT molecular complexity index is 440. The third kappa shape index (κ3) is 2.77.